The van der Waals surface area contributed by atoms with Gasteiger partial charge in [-0.1, -0.05) is 26.8 Å². The largest absolute Gasteiger partial charge is 0.478 e. The van der Waals surface area contributed by atoms with E-state index in [-0.39, 0.29) is 0 Å². The Labute approximate surface area is 80.0 Å². The van der Waals surface area contributed by atoms with E-state index in [0.717, 1.165) is 13.0 Å². The Morgan fingerprint density at radius 3 is 2.62 bits per heavy atom. The highest BCUT2D eigenvalue weighted by molar-refractivity contribution is 5.08. The van der Waals surface area contributed by atoms with Crippen molar-refractivity contribution < 1.29 is 4.74 Å². The zero-order valence-corrected chi connectivity index (χ0v) is 8.58. The van der Waals surface area contributed by atoms with E-state index in [1.807, 2.05) is 18.2 Å². The molecule has 0 aromatic carbocycles. The summed E-state index contributed by atoms with van der Waals surface area (Å²) in [4.78, 5) is 4.08. The third kappa shape index (κ3) is 4.51. The molecule has 0 N–H and O–H groups in total. The molecule has 2 nitrogen and oxygen atoms in total. The maximum atomic E-state index is 5.47. The third-order valence-corrected chi connectivity index (χ3v) is 1.74. The van der Waals surface area contributed by atoms with Gasteiger partial charge in [0, 0.05) is 12.3 Å². The number of nitrogens with zero attached hydrogens (tertiary/aromatic N) is 1. The van der Waals surface area contributed by atoms with Crippen molar-refractivity contribution in [3.05, 3.63) is 24.4 Å². The molecular formula is C11H17NO. The Kier molecular flexibility index (Phi) is 3.29. The first-order valence-corrected chi connectivity index (χ1v) is 4.62. The van der Waals surface area contributed by atoms with Crippen molar-refractivity contribution in [3.63, 3.8) is 0 Å². The van der Waals surface area contributed by atoms with Crippen LogP contribution in [0.25, 0.3) is 0 Å². The van der Waals surface area contributed by atoms with Gasteiger partial charge in [0.2, 0.25) is 5.88 Å². The van der Waals surface area contributed by atoms with Gasteiger partial charge in [0.1, 0.15) is 0 Å². The van der Waals surface area contributed by atoms with E-state index in [1.54, 1.807) is 6.20 Å². The molecule has 1 aromatic rings. The Morgan fingerprint density at radius 1 is 1.31 bits per heavy atom. The fourth-order valence-corrected chi connectivity index (χ4v) is 0.894. The summed E-state index contributed by atoms with van der Waals surface area (Å²) in [6, 6.07) is 5.69. The highest BCUT2D eigenvalue weighted by Gasteiger charge is 2.09. The lowest BCUT2D eigenvalue weighted by atomic mass is 9.93. The molecule has 0 atom stereocenters. The number of aromatic nitrogens is 1. The van der Waals surface area contributed by atoms with Crippen LogP contribution in [-0.2, 0) is 0 Å². The van der Waals surface area contributed by atoms with Gasteiger partial charge < -0.3 is 4.74 Å². The molecule has 0 spiro atoms. The molecule has 0 aliphatic heterocycles. The Balaban J connectivity index is 2.29. The summed E-state index contributed by atoms with van der Waals surface area (Å²) in [6.45, 7) is 7.35. The van der Waals surface area contributed by atoms with Gasteiger partial charge in [0.25, 0.3) is 0 Å². The second kappa shape index (κ2) is 4.26. The van der Waals surface area contributed by atoms with Crippen LogP contribution in [0, 0.1) is 5.41 Å². The smallest absolute Gasteiger partial charge is 0.213 e. The van der Waals surface area contributed by atoms with Crippen LogP contribution in [0.4, 0.5) is 0 Å². The molecule has 0 fully saturated rings. The van der Waals surface area contributed by atoms with Crippen molar-refractivity contribution in [3.8, 4) is 5.88 Å². The maximum absolute atomic E-state index is 5.47. The van der Waals surface area contributed by atoms with E-state index < -0.39 is 0 Å². The van der Waals surface area contributed by atoms with E-state index in [9.17, 15) is 0 Å². The molecule has 0 aliphatic rings. The summed E-state index contributed by atoms with van der Waals surface area (Å²) in [5, 5.41) is 0. The molecule has 2 heteroatoms. The minimum Gasteiger partial charge on any atom is -0.478 e. The average molecular weight is 179 g/mol. The van der Waals surface area contributed by atoms with Gasteiger partial charge in [0.05, 0.1) is 6.61 Å². The van der Waals surface area contributed by atoms with Crippen molar-refractivity contribution in [1.82, 2.24) is 4.98 Å². The van der Waals surface area contributed by atoms with E-state index in [4.69, 9.17) is 4.74 Å². The predicted octanol–water partition coefficient (Wildman–Crippen LogP) is 2.90. The fraction of sp³-hybridized carbons (Fsp3) is 0.545. The topological polar surface area (TPSA) is 22.1 Å². The van der Waals surface area contributed by atoms with E-state index in [0.29, 0.717) is 11.3 Å². The molecule has 0 saturated carbocycles. The van der Waals surface area contributed by atoms with Crippen LogP contribution in [-0.4, -0.2) is 11.6 Å². The molecule has 1 heterocycles. The average Bonchev–Trinajstić information content (AvgIpc) is 2.04. The molecular weight excluding hydrogens is 162 g/mol. The summed E-state index contributed by atoms with van der Waals surface area (Å²) < 4.78 is 5.47. The Morgan fingerprint density at radius 2 is 2.08 bits per heavy atom. The van der Waals surface area contributed by atoms with Crippen LogP contribution in [0.5, 0.6) is 5.88 Å². The maximum Gasteiger partial charge on any atom is 0.213 e. The Hall–Kier alpha value is -1.05. The van der Waals surface area contributed by atoms with Crippen LogP contribution < -0.4 is 4.74 Å². The van der Waals surface area contributed by atoms with E-state index >= 15 is 0 Å². The van der Waals surface area contributed by atoms with Crippen molar-refractivity contribution in [2.45, 2.75) is 27.2 Å². The van der Waals surface area contributed by atoms with Crippen molar-refractivity contribution >= 4 is 0 Å². The molecule has 72 valence electrons. The van der Waals surface area contributed by atoms with Crippen LogP contribution in [0.3, 0.4) is 0 Å². The third-order valence-electron chi connectivity index (χ3n) is 1.74. The van der Waals surface area contributed by atoms with Gasteiger partial charge in [-0.2, -0.15) is 0 Å². The van der Waals surface area contributed by atoms with Gasteiger partial charge >= 0.3 is 0 Å². The lowest BCUT2D eigenvalue weighted by Crippen LogP contribution is -2.11. The van der Waals surface area contributed by atoms with Crippen LogP contribution in [0.1, 0.15) is 27.2 Å². The second-order valence-corrected chi connectivity index (χ2v) is 4.33. The number of hydrogen-bond acceptors (Lipinski definition) is 2. The monoisotopic (exact) mass is 179 g/mol. The number of pyridine rings is 1. The fourth-order valence-electron chi connectivity index (χ4n) is 0.894. The Bertz CT molecular complexity index is 238. The molecule has 0 unspecified atom stereocenters. The van der Waals surface area contributed by atoms with Crippen molar-refractivity contribution in [2.24, 2.45) is 5.41 Å². The summed E-state index contributed by atoms with van der Waals surface area (Å²) in [7, 11) is 0. The van der Waals surface area contributed by atoms with Gasteiger partial charge in [-0.15, -0.1) is 0 Å². The van der Waals surface area contributed by atoms with Gasteiger partial charge in [-0.3, -0.25) is 0 Å². The molecule has 0 saturated heterocycles. The number of rotatable bonds is 3. The first-order chi connectivity index (χ1) is 6.08. The van der Waals surface area contributed by atoms with Crippen molar-refractivity contribution in [1.29, 1.82) is 0 Å². The summed E-state index contributed by atoms with van der Waals surface area (Å²) >= 11 is 0. The normalized spacial score (nSPS) is 11.3. The van der Waals surface area contributed by atoms with Gasteiger partial charge in [-0.05, 0) is 17.9 Å². The number of ether oxygens (including phenoxy) is 1. The summed E-state index contributed by atoms with van der Waals surface area (Å²) in [5.41, 5.74) is 0.328. The summed E-state index contributed by atoms with van der Waals surface area (Å²) in [6.07, 6.45) is 2.79. The minimum atomic E-state index is 0.328. The van der Waals surface area contributed by atoms with Gasteiger partial charge in [-0.25, -0.2) is 4.98 Å². The van der Waals surface area contributed by atoms with Crippen molar-refractivity contribution in [2.75, 3.05) is 6.61 Å². The molecule has 0 radical (unpaired) electrons. The van der Waals surface area contributed by atoms with Crippen LogP contribution in [0.15, 0.2) is 24.4 Å². The zero-order valence-electron chi connectivity index (χ0n) is 8.58. The molecule has 1 aromatic heterocycles. The zero-order chi connectivity index (χ0) is 9.73. The van der Waals surface area contributed by atoms with E-state index in [2.05, 4.69) is 25.8 Å². The molecule has 13 heavy (non-hydrogen) atoms. The number of hydrogen-bond donors (Lipinski definition) is 0. The molecule has 0 aliphatic carbocycles. The molecule has 0 amide bonds. The van der Waals surface area contributed by atoms with Gasteiger partial charge in [0.15, 0.2) is 0 Å². The first-order valence-electron chi connectivity index (χ1n) is 4.62. The quantitative estimate of drug-likeness (QED) is 0.711. The molecule has 0 bridgehead atoms. The highest BCUT2D eigenvalue weighted by atomic mass is 16.5. The first kappa shape index (κ1) is 10.0. The standard InChI is InChI=1S/C11H17NO/c1-11(2,3)7-9-13-10-6-4-5-8-12-10/h4-6,8H,7,9H2,1-3H3. The van der Waals surface area contributed by atoms with Crippen LogP contribution >= 0.6 is 0 Å². The minimum absolute atomic E-state index is 0.328. The van der Waals surface area contributed by atoms with Crippen LogP contribution in [0.2, 0.25) is 0 Å². The summed E-state index contributed by atoms with van der Waals surface area (Å²) in [5.74, 6) is 0.715. The SMILES string of the molecule is CC(C)(C)CCOc1ccccn1. The molecule has 1 rings (SSSR count). The lowest BCUT2D eigenvalue weighted by Gasteiger charge is -2.17. The lowest BCUT2D eigenvalue weighted by molar-refractivity contribution is 0.236. The van der Waals surface area contributed by atoms with E-state index in [1.165, 1.54) is 0 Å². The second-order valence-electron chi connectivity index (χ2n) is 4.33. The predicted molar refractivity (Wildman–Crippen MR) is 53.8 cm³/mol. The highest BCUT2D eigenvalue weighted by Crippen LogP contribution is 2.18.